The van der Waals surface area contributed by atoms with Gasteiger partial charge in [0.1, 0.15) is 5.57 Å². The van der Waals surface area contributed by atoms with E-state index in [-0.39, 0.29) is 0 Å². The van der Waals surface area contributed by atoms with Crippen LogP contribution < -0.4 is 0 Å². The molecule has 0 heteroatoms. The Labute approximate surface area is 64.6 Å². The second kappa shape index (κ2) is 4.21. The Morgan fingerprint density at radius 3 is 2.00 bits per heavy atom. The lowest BCUT2D eigenvalue weighted by molar-refractivity contribution is 1.21. The van der Waals surface area contributed by atoms with Gasteiger partial charge in [-0.25, -0.2) is 0 Å². The van der Waals surface area contributed by atoms with Crippen molar-refractivity contribution in [2.45, 2.75) is 34.6 Å². The smallest absolute Gasteiger partial charge is 0.0642 e. The van der Waals surface area contributed by atoms with Gasteiger partial charge in [0.05, 0.1) is 5.57 Å². The van der Waals surface area contributed by atoms with Crippen LogP contribution in [0.2, 0.25) is 0 Å². The molecular weight excluding hydrogens is 120 g/mol. The zero-order valence-electron chi connectivity index (χ0n) is 7.65. The third-order valence-corrected chi connectivity index (χ3v) is 2.05. The minimum atomic E-state index is 1.37. The molecule has 0 aliphatic rings. The van der Waals surface area contributed by atoms with E-state index in [1.807, 2.05) is 0 Å². The van der Waals surface area contributed by atoms with Crippen molar-refractivity contribution in [1.29, 1.82) is 0 Å². The van der Waals surface area contributed by atoms with Crippen LogP contribution >= 0.6 is 0 Å². The summed E-state index contributed by atoms with van der Waals surface area (Å²) in [5, 5.41) is 0. The zero-order valence-corrected chi connectivity index (χ0v) is 7.65. The lowest BCUT2D eigenvalue weighted by atomic mass is 10.0. The second-order valence-electron chi connectivity index (χ2n) is 2.57. The van der Waals surface area contributed by atoms with Crippen LogP contribution in [0.3, 0.4) is 0 Å². The van der Waals surface area contributed by atoms with Crippen molar-refractivity contribution in [1.82, 2.24) is 0 Å². The topological polar surface area (TPSA) is 0 Å². The highest BCUT2D eigenvalue weighted by molar-refractivity contribution is 5.33. The van der Waals surface area contributed by atoms with E-state index < -0.39 is 0 Å². The fraction of sp³-hybridized carbons (Fsp3) is 0.500. The maximum absolute atomic E-state index is 2.16. The highest BCUT2D eigenvalue weighted by Crippen LogP contribution is 2.14. The molecule has 0 aliphatic heterocycles. The largest absolute Gasteiger partial charge is 0.106 e. The SMILES string of the molecule is C/C=C(C)/C(C)=C(/C)[CH+]C. The predicted octanol–water partition coefficient (Wildman–Crippen LogP) is 3.51. The maximum atomic E-state index is 2.16. The molecule has 0 aliphatic carbocycles. The monoisotopic (exact) mass is 137 g/mol. The van der Waals surface area contributed by atoms with Crippen molar-refractivity contribution in [3.05, 3.63) is 29.2 Å². The van der Waals surface area contributed by atoms with Crippen LogP contribution in [-0.4, -0.2) is 0 Å². The van der Waals surface area contributed by atoms with Gasteiger partial charge in [-0.15, -0.1) is 0 Å². The van der Waals surface area contributed by atoms with E-state index in [9.17, 15) is 0 Å². The Morgan fingerprint density at radius 1 is 1.20 bits per heavy atom. The molecular formula is C10H17+. The fourth-order valence-electron chi connectivity index (χ4n) is 0.744. The summed E-state index contributed by atoms with van der Waals surface area (Å²) in [7, 11) is 0. The summed E-state index contributed by atoms with van der Waals surface area (Å²) in [4.78, 5) is 0. The van der Waals surface area contributed by atoms with Crippen molar-refractivity contribution in [3.63, 3.8) is 0 Å². The van der Waals surface area contributed by atoms with Crippen LogP contribution in [0.4, 0.5) is 0 Å². The molecule has 0 unspecified atom stereocenters. The normalized spacial score (nSPS) is 14.7. The van der Waals surface area contributed by atoms with Gasteiger partial charge in [0.15, 0.2) is 0 Å². The van der Waals surface area contributed by atoms with E-state index in [1.54, 1.807) is 0 Å². The predicted molar refractivity (Wildman–Crippen MR) is 47.8 cm³/mol. The number of hydrogen-bond acceptors (Lipinski definition) is 0. The van der Waals surface area contributed by atoms with E-state index in [1.165, 1.54) is 16.7 Å². The van der Waals surface area contributed by atoms with Gasteiger partial charge in [0, 0.05) is 25.8 Å². The van der Waals surface area contributed by atoms with E-state index in [2.05, 4.69) is 47.1 Å². The van der Waals surface area contributed by atoms with Crippen LogP contribution in [0, 0.1) is 6.42 Å². The van der Waals surface area contributed by atoms with E-state index in [0.29, 0.717) is 0 Å². The molecule has 0 N–H and O–H groups in total. The summed E-state index contributed by atoms with van der Waals surface area (Å²) >= 11 is 0. The first-order chi connectivity index (χ1) is 4.63. The van der Waals surface area contributed by atoms with E-state index in [0.717, 1.165) is 0 Å². The van der Waals surface area contributed by atoms with E-state index >= 15 is 0 Å². The molecule has 0 fully saturated rings. The quantitative estimate of drug-likeness (QED) is 0.403. The molecule has 0 heterocycles. The molecule has 0 atom stereocenters. The molecule has 56 valence electrons. The van der Waals surface area contributed by atoms with Crippen molar-refractivity contribution >= 4 is 0 Å². The highest BCUT2D eigenvalue weighted by Gasteiger charge is 2.05. The van der Waals surface area contributed by atoms with Gasteiger partial charge < -0.3 is 0 Å². The van der Waals surface area contributed by atoms with Crippen LogP contribution in [0.25, 0.3) is 0 Å². The molecule has 10 heavy (non-hydrogen) atoms. The Bertz CT molecular complexity index is 159. The first-order valence-electron chi connectivity index (χ1n) is 3.73. The first-order valence-corrected chi connectivity index (χ1v) is 3.73. The molecule has 0 nitrogen and oxygen atoms in total. The maximum Gasteiger partial charge on any atom is 0.106 e. The first kappa shape index (κ1) is 9.35. The molecule has 0 amide bonds. The van der Waals surface area contributed by atoms with Crippen molar-refractivity contribution in [3.8, 4) is 0 Å². The lowest BCUT2D eigenvalue weighted by Gasteiger charge is -1.94. The van der Waals surface area contributed by atoms with Crippen molar-refractivity contribution in [2.75, 3.05) is 0 Å². The molecule has 0 radical (unpaired) electrons. The van der Waals surface area contributed by atoms with Crippen molar-refractivity contribution in [2.24, 2.45) is 0 Å². The Hall–Kier alpha value is -0.650. The molecule has 0 bridgehead atoms. The number of allylic oxidation sites excluding steroid dienone is 4. The van der Waals surface area contributed by atoms with Crippen LogP contribution in [-0.2, 0) is 0 Å². The summed E-state index contributed by atoms with van der Waals surface area (Å²) in [5.74, 6) is 0. The van der Waals surface area contributed by atoms with Crippen LogP contribution in [0.5, 0.6) is 0 Å². The zero-order chi connectivity index (χ0) is 8.15. The van der Waals surface area contributed by atoms with E-state index in [4.69, 9.17) is 0 Å². The van der Waals surface area contributed by atoms with Gasteiger partial charge in [-0.1, -0.05) is 6.08 Å². The van der Waals surface area contributed by atoms with Gasteiger partial charge >= 0.3 is 0 Å². The molecule has 0 aromatic rings. The van der Waals surface area contributed by atoms with Gasteiger partial charge in [-0.05, 0) is 20.8 Å². The van der Waals surface area contributed by atoms with Crippen LogP contribution in [0.1, 0.15) is 34.6 Å². The average molecular weight is 137 g/mol. The third-order valence-electron chi connectivity index (χ3n) is 2.05. The summed E-state index contributed by atoms with van der Waals surface area (Å²) in [5.41, 5.74) is 4.14. The molecule has 0 aromatic heterocycles. The minimum absolute atomic E-state index is 1.37. The molecule has 0 spiro atoms. The van der Waals surface area contributed by atoms with Gasteiger partial charge in [-0.3, -0.25) is 0 Å². The van der Waals surface area contributed by atoms with Gasteiger partial charge in [-0.2, -0.15) is 0 Å². The lowest BCUT2D eigenvalue weighted by Crippen LogP contribution is -1.84. The summed E-state index contributed by atoms with van der Waals surface area (Å²) in [6, 6.07) is 0. The molecule has 0 aromatic carbocycles. The third kappa shape index (κ3) is 2.30. The highest BCUT2D eigenvalue weighted by atomic mass is 14.0. The molecule has 0 rings (SSSR count). The second-order valence-corrected chi connectivity index (χ2v) is 2.57. The number of rotatable bonds is 2. The van der Waals surface area contributed by atoms with Crippen molar-refractivity contribution < 1.29 is 0 Å². The summed E-state index contributed by atoms with van der Waals surface area (Å²) in [6.45, 7) is 10.6. The minimum Gasteiger partial charge on any atom is -0.0642 e. The Balaban J connectivity index is 4.46. The standard InChI is InChI=1S/C10H17/c1-6-8(3)10(5)9(4)7-2/h6-7H,1-5H3/q+1/b8-6+,10-9-. The van der Waals surface area contributed by atoms with Crippen LogP contribution in [0.15, 0.2) is 22.8 Å². The average Bonchev–Trinajstić information content (AvgIpc) is 2.00. The molecule has 0 saturated heterocycles. The molecule has 0 saturated carbocycles. The van der Waals surface area contributed by atoms with Gasteiger partial charge in [0.25, 0.3) is 0 Å². The van der Waals surface area contributed by atoms with Gasteiger partial charge in [0.2, 0.25) is 0 Å². The Morgan fingerprint density at radius 2 is 1.70 bits per heavy atom. The summed E-state index contributed by atoms with van der Waals surface area (Å²) in [6.07, 6.45) is 4.28. The summed E-state index contributed by atoms with van der Waals surface area (Å²) < 4.78 is 0. The number of hydrogen-bond donors (Lipinski definition) is 0. The fourth-order valence-corrected chi connectivity index (χ4v) is 0.744. The Kier molecular flexibility index (Phi) is 3.94.